The third-order valence-corrected chi connectivity index (χ3v) is 29.2. The average molecular weight is 1790 g/mol. The van der Waals surface area contributed by atoms with E-state index in [4.69, 9.17) is 90.0 Å². The van der Waals surface area contributed by atoms with Gasteiger partial charge in [0.1, 0.15) is 91.1 Å². The number of carbonyl (C=O) groups is 18. The summed E-state index contributed by atoms with van der Waals surface area (Å²) >= 11 is 0. The van der Waals surface area contributed by atoms with Crippen molar-refractivity contribution >= 4 is 107 Å². The van der Waals surface area contributed by atoms with E-state index in [2.05, 4.69) is 46.1 Å². The summed E-state index contributed by atoms with van der Waals surface area (Å²) in [6, 6.07) is 0. The van der Waals surface area contributed by atoms with Gasteiger partial charge >= 0.3 is 107 Å². The quantitative estimate of drug-likeness (QED) is 0.0925. The summed E-state index contributed by atoms with van der Waals surface area (Å²) < 4.78 is 99.9. The molecule has 37 atom stereocenters. The zero-order valence-electron chi connectivity index (χ0n) is 71.1. The van der Waals surface area contributed by atoms with Crippen LogP contribution in [0.3, 0.4) is 0 Å². The third-order valence-electron chi connectivity index (χ3n) is 29.2. The van der Waals surface area contributed by atoms with Gasteiger partial charge in [0.25, 0.3) is 0 Å². The summed E-state index contributed by atoms with van der Waals surface area (Å²) in [7, 11) is 1.29. The molecule has 0 aromatic rings. The molecule has 0 radical (unpaired) electrons. The highest BCUT2D eigenvalue weighted by Gasteiger charge is 2.75. The van der Waals surface area contributed by atoms with Crippen LogP contribution in [-0.2, 0) is 176 Å². The maximum atomic E-state index is 12.6. The zero-order valence-corrected chi connectivity index (χ0v) is 71.1. The highest BCUT2D eigenvalue weighted by Crippen LogP contribution is 2.64. The van der Waals surface area contributed by atoms with Crippen LogP contribution < -0.4 is 0 Å². The standard InChI is InChI=1S/C17H20O6.C16H20O6.C14H16O6.C13H14O6.C11H12O4.C10H10O5.C10H12O4/c1-2-11(18)22-14-9-7-10-13(17(20)23-15(10)14)12(9)16(19)21-8-5-3-4-6-8;1-5-9(17)20-12-8-6-7-10(14(18)21-13(7)12)11(8)15(19)22-16(2,3)4;1-3-8(15)19-11-6-5-7-10(14(17)20-12(7)11)9(6)13(16)18-4-2;1-3-7(14)18-10-5-4-6-9(8(5)12(15)17-2)13(16)19-11(6)10;1-2-8(12)14-9-5-3-6-7(4-5)11(13)15-10(6)9;1-2-6(11)14-8-5-3-4-7(13-5)9(8)15-10(4)12;1-2-9(11)13-7-4-3-6-5-8(7)14-10(6)12/h2,8-10,12-15H,1,3-7H2;5,7-8,10-13H,1,6H2,2-4H3;3,6-7,9-12H,1,4-5H2,2H3;3,5-6,8-11H,1,4H2,2H3;2,5-7,9-10H,1,3-4H2;2,4-5,7-9H,1,3H2;2,6-8H,1,3-5H2. The number of hydrogen-bond acceptors (Lipinski definition) is 37. The number of ether oxygens (including phenoxy) is 19. The van der Waals surface area contributed by atoms with Gasteiger partial charge in [-0.05, 0) is 111 Å². The first-order valence-corrected chi connectivity index (χ1v) is 43.7. The van der Waals surface area contributed by atoms with Gasteiger partial charge in [0.15, 0.2) is 12.2 Å². The van der Waals surface area contributed by atoms with Gasteiger partial charge in [0.2, 0.25) is 0 Å². The summed E-state index contributed by atoms with van der Waals surface area (Å²) in [5.41, 5.74) is -0.631. The van der Waals surface area contributed by atoms with Crippen LogP contribution in [0.25, 0.3) is 0 Å². The van der Waals surface area contributed by atoms with Gasteiger partial charge in [-0.3, -0.25) is 52.7 Å². The van der Waals surface area contributed by atoms with Gasteiger partial charge in [0, 0.05) is 108 Å². The molecule has 128 heavy (non-hydrogen) atoms. The van der Waals surface area contributed by atoms with Crippen molar-refractivity contribution in [1.82, 2.24) is 0 Å². The molecule has 0 spiro atoms. The van der Waals surface area contributed by atoms with Crippen LogP contribution in [0.1, 0.15) is 118 Å². The number of carbonyl (C=O) groups excluding carboxylic acids is 18. The average Bonchev–Trinajstić information content (AvgIpc) is 1.56. The molecule has 0 aromatic heterocycles. The van der Waals surface area contributed by atoms with Crippen molar-refractivity contribution in [3.8, 4) is 0 Å². The molecular formula is C91H104O37. The molecule has 0 aromatic carbocycles. The van der Waals surface area contributed by atoms with Crippen molar-refractivity contribution in [3.63, 3.8) is 0 Å². The molecule has 37 heteroatoms. The topological polar surface area (TPSA) is 483 Å². The van der Waals surface area contributed by atoms with Crippen LogP contribution >= 0.6 is 0 Å². The first-order valence-electron chi connectivity index (χ1n) is 43.7. The second kappa shape index (κ2) is 36.6. The lowest BCUT2D eigenvalue weighted by Crippen LogP contribution is -2.44. The van der Waals surface area contributed by atoms with Gasteiger partial charge < -0.3 is 90.0 Å². The summed E-state index contributed by atoms with van der Waals surface area (Å²) in [6.07, 6.45) is 12.5. The van der Waals surface area contributed by atoms with Crippen molar-refractivity contribution in [2.45, 2.75) is 227 Å². The van der Waals surface area contributed by atoms with Crippen molar-refractivity contribution < 1.29 is 176 Å². The van der Waals surface area contributed by atoms with Crippen molar-refractivity contribution in [2.75, 3.05) is 13.7 Å². The minimum Gasteiger partial charge on any atom is -0.469 e. The molecule has 9 saturated heterocycles. The molecule has 14 bridgehead atoms. The SMILES string of the molecule is C=CC(=O)OC1C2CC3C(=O)OC1C3C2.C=CC(=O)OC1C2CC3C(=O)OC1C3O2.C=CC(=O)OC1C2CC3C1OC(=O)C3C2C(=O)OC.C=CC(=O)OC1C2CC3C1OC(=O)C3C2C(=O)OC(C)(C)C.C=CC(=O)OC1C2CC3C1OC(=O)C3C2C(=O)OC1CCCC1.C=CC(=O)OC1C2CC3C1OC(=O)C3C2C(=O)OCC.C=CC(=O)OC1CCC2CC1OC2=O. The first-order chi connectivity index (χ1) is 61.1. The lowest BCUT2D eigenvalue weighted by atomic mass is 9.78. The fourth-order valence-corrected chi connectivity index (χ4v) is 24.4. The molecule has 0 amide bonds. The maximum Gasteiger partial charge on any atom is 0.330 e. The molecule has 9 heterocycles. The van der Waals surface area contributed by atoms with E-state index < -0.39 is 174 Å². The Bertz CT molecular complexity index is 4550. The van der Waals surface area contributed by atoms with Gasteiger partial charge in [-0.2, -0.15) is 0 Å². The molecule has 9 aliphatic heterocycles. The summed E-state index contributed by atoms with van der Waals surface area (Å²) in [5.74, 6) is -11.8. The summed E-state index contributed by atoms with van der Waals surface area (Å²) in [5, 5.41) is 0. The zero-order chi connectivity index (χ0) is 91.8. The first kappa shape index (κ1) is 91.4. The van der Waals surface area contributed by atoms with Gasteiger partial charge in [-0.1, -0.05) is 46.1 Å². The normalized spacial score (nSPS) is 40.9. The highest BCUT2D eigenvalue weighted by molar-refractivity contribution is 5.91. The predicted molar refractivity (Wildman–Crippen MR) is 421 cm³/mol. The maximum absolute atomic E-state index is 12.6. The Morgan fingerprint density at radius 3 is 1.14 bits per heavy atom. The van der Waals surface area contributed by atoms with Crippen molar-refractivity contribution in [2.24, 2.45) is 124 Å². The number of rotatable bonds is 20. The van der Waals surface area contributed by atoms with Crippen LogP contribution in [0.5, 0.6) is 0 Å². The Balaban J connectivity index is 0.000000116. The summed E-state index contributed by atoms with van der Waals surface area (Å²) in [6.45, 7) is 30.8. The van der Waals surface area contributed by atoms with Crippen LogP contribution in [0.4, 0.5) is 0 Å². The monoisotopic (exact) mass is 1790 g/mol. The van der Waals surface area contributed by atoms with Gasteiger partial charge in [-0.25, -0.2) is 33.6 Å². The number of fused-ring (bicyclic) bond motifs is 8. The summed E-state index contributed by atoms with van der Waals surface area (Å²) in [4.78, 5) is 210. The Morgan fingerprint density at radius 1 is 0.344 bits per heavy atom. The van der Waals surface area contributed by atoms with E-state index in [1.807, 2.05) is 0 Å². The van der Waals surface area contributed by atoms with E-state index in [1.54, 1.807) is 27.7 Å². The molecule has 37 unspecified atom stereocenters. The Hall–Kier alpha value is -11.4. The van der Waals surface area contributed by atoms with Crippen LogP contribution in [0.2, 0.25) is 0 Å². The van der Waals surface area contributed by atoms with E-state index in [1.165, 1.54) is 7.11 Å². The Morgan fingerprint density at radius 2 is 0.719 bits per heavy atom. The van der Waals surface area contributed by atoms with Gasteiger partial charge in [-0.15, -0.1) is 0 Å². The number of hydrogen-bond donors (Lipinski definition) is 0. The lowest BCUT2D eigenvalue weighted by molar-refractivity contribution is -0.169. The minimum absolute atomic E-state index is 0.0266. The predicted octanol–water partition coefficient (Wildman–Crippen LogP) is 4.40. The molecule has 21 rings (SSSR count). The van der Waals surface area contributed by atoms with E-state index >= 15 is 0 Å². The van der Waals surface area contributed by atoms with E-state index in [0.717, 1.165) is 87.5 Å². The van der Waals surface area contributed by atoms with E-state index in [9.17, 15) is 86.3 Å². The largest absolute Gasteiger partial charge is 0.469 e. The fourth-order valence-electron chi connectivity index (χ4n) is 24.4. The number of methoxy groups -OCH3 is 1. The highest BCUT2D eigenvalue weighted by atomic mass is 16.7. The molecular weight excluding hydrogens is 1680 g/mol. The van der Waals surface area contributed by atoms with E-state index in [-0.39, 0.29) is 168 Å². The van der Waals surface area contributed by atoms with Crippen molar-refractivity contribution in [1.29, 1.82) is 0 Å². The third kappa shape index (κ3) is 16.8. The molecule has 0 N–H and O–H groups in total. The molecule has 21 fully saturated rings. The van der Waals surface area contributed by atoms with Crippen LogP contribution in [-0.4, -0.2) is 231 Å². The van der Waals surface area contributed by atoms with Gasteiger partial charge in [0.05, 0.1) is 84.9 Å². The molecule has 12 aliphatic carbocycles. The van der Waals surface area contributed by atoms with Crippen LogP contribution in [0, 0.1) is 124 Å². The molecule has 690 valence electrons. The Labute approximate surface area is 734 Å². The van der Waals surface area contributed by atoms with Crippen molar-refractivity contribution in [3.05, 3.63) is 88.6 Å². The second-order valence-electron chi connectivity index (χ2n) is 36.8. The lowest BCUT2D eigenvalue weighted by Gasteiger charge is -2.31. The van der Waals surface area contributed by atoms with E-state index in [0.29, 0.717) is 50.9 Å². The fraction of sp³-hybridized carbons (Fsp3) is 0.648. The molecule has 12 saturated carbocycles. The smallest absolute Gasteiger partial charge is 0.330 e. The Kier molecular flexibility index (Phi) is 26.1. The van der Waals surface area contributed by atoms with Crippen LogP contribution in [0.15, 0.2) is 88.6 Å². The molecule has 21 aliphatic rings. The minimum atomic E-state index is -0.631. The second-order valence-corrected chi connectivity index (χ2v) is 36.8. The number of esters is 18. The molecule has 37 nitrogen and oxygen atoms in total.